The van der Waals surface area contributed by atoms with E-state index in [1.165, 1.54) is 12.0 Å². The Labute approximate surface area is 83.2 Å². The summed E-state index contributed by atoms with van der Waals surface area (Å²) in [4.78, 5) is 15.6. The first-order chi connectivity index (χ1) is 6.65. The number of hydrogen-bond donors (Lipinski definition) is 2. The number of carbonyl (C=O) groups is 1. The van der Waals surface area contributed by atoms with Crippen molar-refractivity contribution < 1.29 is 19.8 Å². The van der Waals surface area contributed by atoms with Gasteiger partial charge in [0, 0.05) is 33.2 Å². The molecule has 0 aromatic heterocycles. The van der Waals surface area contributed by atoms with Crippen molar-refractivity contribution >= 4 is 5.97 Å². The highest BCUT2D eigenvalue weighted by molar-refractivity contribution is 5.65. The standard InChI is InChI=1S/C9H17NO4/c1-7(13)14-10-3-8(5-11)2-9(4-10)6-12/h8-9,11-12H,2-6H2,1H3. The number of aliphatic hydroxyl groups excluding tert-OH is 2. The van der Waals surface area contributed by atoms with Crippen LogP contribution in [0.15, 0.2) is 0 Å². The smallest absolute Gasteiger partial charge is 0.322 e. The molecule has 5 heteroatoms. The van der Waals surface area contributed by atoms with E-state index in [9.17, 15) is 4.79 Å². The maximum atomic E-state index is 10.7. The van der Waals surface area contributed by atoms with Crippen molar-refractivity contribution in [1.82, 2.24) is 5.06 Å². The monoisotopic (exact) mass is 203 g/mol. The van der Waals surface area contributed by atoms with E-state index >= 15 is 0 Å². The van der Waals surface area contributed by atoms with E-state index in [0.29, 0.717) is 13.1 Å². The summed E-state index contributed by atoms with van der Waals surface area (Å²) in [6, 6.07) is 0. The van der Waals surface area contributed by atoms with Crippen LogP contribution in [0, 0.1) is 11.8 Å². The predicted molar refractivity (Wildman–Crippen MR) is 49.1 cm³/mol. The molecule has 1 aliphatic rings. The van der Waals surface area contributed by atoms with E-state index < -0.39 is 0 Å². The minimum Gasteiger partial charge on any atom is -0.396 e. The van der Waals surface area contributed by atoms with Gasteiger partial charge >= 0.3 is 5.97 Å². The number of hydroxylamine groups is 2. The Balaban J connectivity index is 2.46. The second kappa shape index (κ2) is 5.29. The summed E-state index contributed by atoms with van der Waals surface area (Å²) in [5, 5.41) is 19.5. The van der Waals surface area contributed by atoms with Crippen LogP contribution in [0.25, 0.3) is 0 Å². The molecule has 0 aliphatic carbocycles. The van der Waals surface area contributed by atoms with E-state index in [0.717, 1.165) is 6.42 Å². The Hall–Kier alpha value is -0.650. The fourth-order valence-corrected chi connectivity index (χ4v) is 1.79. The van der Waals surface area contributed by atoms with E-state index in [1.807, 2.05) is 0 Å². The fraction of sp³-hybridized carbons (Fsp3) is 0.889. The van der Waals surface area contributed by atoms with Gasteiger partial charge in [0.2, 0.25) is 0 Å². The fourth-order valence-electron chi connectivity index (χ4n) is 1.79. The molecule has 0 amide bonds. The Morgan fingerprint density at radius 3 is 2.21 bits per heavy atom. The van der Waals surface area contributed by atoms with Gasteiger partial charge in [-0.15, -0.1) is 5.06 Å². The van der Waals surface area contributed by atoms with Gasteiger partial charge in [-0.05, 0) is 18.3 Å². The number of piperidine rings is 1. The molecule has 1 heterocycles. The Kier molecular flexibility index (Phi) is 4.31. The maximum absolute atomic E-state index is 10.7. The molecule has 0 aromatic carbocycles. The van der Waals surface area contributed by atoms with Gasteiger partial charge in [0.15, 0.2) is 0 Å². The maximum Gasteiger partial charge on any atom is 0.322 e. The molecule has 2 atom stereocenters. The average Bonchev–Trinajstić information content (AvgIpc) is 2.16. The van der Waals surface area contributed by atoms with Crippen molar-refractivity contribution in [2.24, 2.45) is 11.8 Å². The van der Waals surface area contributed by atoms with E-state index in [1.54, 1.807) is 0 Å². The minimum absolute atomic E-state index is 0.0638. The third-order valence-corrected chi connectivity index (χ3v) is 2.36. The van der Waals surface area contributed by atoms with Gasteiger partial charge in [-0.1, -0.05) is 0 Å². The lowest BCUT2D eigenvalue weighted by Gasteiger charge is -2.34. The molecule has 1 saturated heterocycles. The molecule has 2 N–H and O–H groups in total. The lowest BCUT2D eigenvalue weighted by Crippen LogP contribution is -2.43. The molecule has 2 unspecified atom stereocenters. The van der Waals surface area contributed by atoms with E-state index in [4.69, 9.17) is 15.1 Å². The first-order valence-corrected chi connectivity index (χ1v) is 4.81. The Bertz CT molecular complexity index is 185. The van der Waals surface area contributed by atoms with Crippen LogP contribution < -0.4 is 0 Å². The van der Waals surface area contributed by atoms with Crippen LogP contribution in [0.4, 0.5) is 0 Å². The van der Waals surface area contributed by atoms with Gasteiger partial charge in [-0.2, -0.15) is 0 Å². The molecule has 82 valence electrons. The molecule has 14 heavy (non-hydrogen) atoms. The zero-order valence-electron chi connectivity index (χ0n) is 8.35. The van der Waals surface area contributed by atoms with Gasteiger partial charge in [-0.3, -0.25) is 4.79 Å². The second-order valence-corrected chi connectivity index (χ2v) is 3.76. The molecule has 1 rings (SSSR count). The van der Waals surface area contributed by atoms with Crippen LogP contribution in [-0.4, -0.2) is 47.5 Å². The normalized spacial score (nSPS) is 28.8. The van der Waals surface area contributed by atoms with Crippen molar-refractivity contribution in [2.45, 2.75) is 13.3 Å². The molecular formula is C9H17NO4. The highest BCUT2D eigenvalue weighted by Gasteiger charge is 2.28. The van der Waals surface area contributed by atoms with Crippen LogP contribution >= 0.6 is 0 Å². The van der Waals surface area contributed by atoms with Gasteiger partial charge in [-0.25, -0.2) is 0 Å². The number of hydrogen-bond acceptors (Lipinski definition) is 5. The molecule has 0 aromatic rings. The summed E-state index contributed by atoms with van der Waals surface area (Å²) in [6.07, 6.45) is 0.783. The topological polar surface area (TPSA) is 70.0 Å². The number of nitrogens with zero attached hydrogens (tertiary/aromatic N) is 1. The van der Waals surface area contributed by atoms with Crippen molar-refractivity contribution in [2.75, 3.05) is 26.3 Å². The molecule has 5 nitrogen and oxygen atoms in total. The molecule has 0 bridgehead atoms. The van der Waals surface area contributed by atoms with Gasteiger partial charge < -0.3 is 15.1 Å². The van der Waals surface area contributed by atoms with Crippen LogP contribution in [0.2, 0.25) is 0 Å². The third-order valence-electron chi connectivity index (χ3n) is 2.36. The van der Waals surface area contributed by atoms with Crippen molar-refractivity contribution in [3.63, 3.8) is 0 Å². The second-order valence-electron chi connectivity index (χ2n) is 3.76. The van der Waals surface area contributed by atoms with Crippen molar-refractivity contribution in [3.05, 3.63) is 0 Å². The third kappa shape index (κ3) is 3.25. The Morgan fingerprint density at radius 2 is 1.86 bits per heavy atom. The van der Waals surface area contributed by atoms with E-state index in [-0.39, 0.29) is 31.0 Å². The molecule has 0 saturated carbocycles. The summed E-state index contributed by atoms with van der Waals surface area (Å²) in [6.45, 7) is 2.57. The molecule has 0 radical (unpaired) electrons. The lowest BCUT2D eigenvalue weighted by atomic mass is 9.91. The largest absolute Gasteiger partial charge is 0.396 e. The lowest BCUT2D eigenvalue weighted by molar-refractivity contribution is -0.203. The Morgan fingerprint density at radius 1 is 1.36 bits per heavy atom. The highest BCUT2D eigenvalue weighted by Crippen LogP contribution is 2.21. The first-order valence-electron chi connectivity index (χ1n) is 4.81. The van der Waals surface area contributed by atoms with Gasteiger partial charge in [0.25, 0.3) is 0 Å². The van der Waals surface area contributed by atoms with Crippen LogP contribution in [0.1, 0.15) is 13.3 Å². The minimum atomic E-state index is -0.361. The number of rotatable bonds is 3. The number of aliphatic hydroxyl groups is 2. The van der Waals surface area contributed by atoms with Crippen LogP contribution in [-0.2, 0) is 9.63 Å². The zero-order chi connectivity index (χ0) is 10.6. The quantitative estimate of drug-likeness (QED) is 0.640. The summed E-state index contributed by atoms with van der Waals surface area (Å²) in [7, 11) is 0. The van der Waals surface area contributed by atoms with Gasteiger partial charge in [0.1, 0.15) is 0 Å². The first kappa shape index (κ1) is 11.4. The summed E-state index contributed by atoms with van der Waals surface area (Å²) in [5.74, 6) is -0.194. The predicted octanol–water partition coefficient (Wildman–Crippen LogP) is -0.613. The molecule has 0 spiro atoms. The van der Waals surface area contributed by atoms with E-state index in [2.05, 4.69) is 0 Å². The number of carbonyl (C=O) groups excluding carboxylic acids is 1. The van der Waals surface area contributed by atoms with Crippen molar-refractivity contribution in [1.29, 1.82) is 0 Å². The summed E-state index contributed by atoms with van der Waals surface area (Å²) < 4.78 is 0. The summed E-state index contributed by atoms with van der Waals surface area (Å²) >= 11 is 0. The molecular weight excluding hydrogens is 186 g/mol. The average molecular weight is 203 g/mol. The summed E-state index contributed by atoms with van der Waals surface area (Å²) in [5.41, 5.74) is 0. The van der Waals surface area contributed by atoms with Crippen LogP contribution in [0.3, 0.4) is 0 Å². The zero-order valence-corrected chi connectivity index (χ0v) is 8.35. The van der Waals surface area contributed by atoms with Crippen LogP contribution in [0.5, 0.6) is 0 Å². The molecule has 1 fully saturated rings. The van der Waals surface area contributed by atoms with Gasteiger partial charge in [0.05, 0.1) is 0 Å². The van der Waals surface area contributed by atoms with Crippen molar-refractivity contribution in [3.8, 4) is 0 Å². The SMILES string of the molecule is CC(=O)ON1CC(CO)CC(CO)C1. The molecule has 1 aliphatic heterocycles. The highest BCUT2D eigenvalue weighted by atomic mass is 16.7.